The van der Waals surface area contributed by atoms with E-state index in [1.807, 2.05) is 41.1 Å². The zero-order valence-corrected chi connectivity index (χ0v) is 15.8. The van der Waals surface area contributed by atoms with Crippen molar-refractivity contribution >= 4 is 18.3 Å². The molecule has 0 saturated heterocycles. The van der Waals surface area contributed by atoms with Crippen LogP contribution in [0.5, 0.6) is 0 Å². The molecule has 1 unspecified atom stereocenters. The monoisotopic (exact) mass is 362 g/mol. The molecule has 0 aliphatic heterocycles. The highest BCUT2D eigenvalue weighted by Gasteiger charge is 2.32. The molecule has 0 radical (unpaired) electrons. The van der Waals surface area contributed by atoms with Crippen molar-refractivity contribution in [1.29, 1.82) is 0 Å². The van der Waals surface area contributed by atoms with Crippen LogP contribution in [-0.2, 0) is 5.54 Å². The van der Waals surface area contributed by atoms with Crippen molar-refractivity contribution in [3.05, 3.63) is 53.3 Å². The zero-order chi connectivity index (χ0) is 17.3. The van der Waals surface area contributed by atoms with Crippen LogP contribution in [-0.4, -0.2) is 22.2 Å². The van der Waals surface area contributed by atoms with E-state index in [9.17, 15) is 4.79 Å². The lowest BCUT2D eigenvalue weighted by molar-refractivity contribution is 0.0944. The minimum atomic E-state index is -0.220. The molecular formula is C19H27ClN4O. The quantitative estimate of drug-likeness (QED) is 0.856. The Balaban J connectivity index is 0.00000225. The Morgan fingerprint density at radius 3 is 2.52 bits per heavy atom. The maximum absolute atomic E-state index is 12.5. The number of hydrogen-bond acceptors (Lipinski definition) is 3. The summed E-state index contributed by atoms with van der Waals surface area (Å²) in [4.78, 5) is 12.5. The zero-order valence-electron chi connectivity index (χ0n) is 15.0. The molecule has 1 atom stereocenters. The summed E-state index contributed by atoms with van der Waals surface area (Å²) in [5, 5.41) is 7.47. The fourth-order valence-electron chi connectivity index (χ4n) is 2.82. The first kappa shape index (κ1) is 19.5. The van der Waals surface area contributed by atoms with Gasteiger partial charge in [0.05, 0.1) is 5.54 Å². The molecule has 25 heavy (non-hydrogen) atoms. The molecule has 1 aliphatic rings. The van der Waals surface area contributed by atoms with Crippen LogP contribution in [0.3, 0.4) is 0 Å². The Kier molecular flexibility index (Phi) is 5.91. The number of amides is 1. The van der Waals surface area contributed by atoms with Gasteiger partial charge >= 0.3 is 0 Å². The summed E-state index contributed by atoms with van der Waals surface area (Å²) in [7, 11) is 0. The number of hydrogen-bond donors (Lipinski definition) is 2. The van der Waals surface area contributed by atoms with E-state index in [-0.39, 0.29) is 29.9 Å². The van der Waals surface area contributed by atoms with Gasteiger partial charge in [0.1, 0.15) is 5.69 Å². The third-order valence-corrected chi connectivity index (χ3v) is 4.31. The molecule has 1 aromatic heterocycles. The number of rotatable bonds is 5. The van der Waals surface area contributed by atoms with Crippen LogP contribution in [0.4, 0.5) is 0 Å². The normalized spacial score (nSPS) is 15.4. The Labute approximate surface area is 155 Å². The fraction of sp³-hybridized carbons (Fsp3) is 0.474. The third kappa shape index (κ3) is 4.61. The second-order valence-corrected chi connectivity index (χ2v) is 7.54. The van der Waals surface area contributed by atoms with E-state index in [2.05, 4.69) is 31.2 Å². The van der Waals surface area contributed by atoms with Crippen LogP contribution in [0, 0.1) is 0 Å². The van der Waals surface area contributed by atoms with Gasteiger partial charge in [-0.05, 0) is 45.2 Å². The van der Waals surface area contributed by atoms with Gasteiger partial charge in [-0.1, -0.05) is 30.3 Å². The van der Waals surface area contributed by atoms with Crippen molar-refractivity contribution in [2.75, 3.05) is 6.54 Å². The van der Waals surface area contributed by atoms with E-state index < -0.39 is 0 Å². The molecule has 1 amide bonds. The Hall–Kier alpha value is -1.85. The largest absolute Gasteiger partial charge is 0.349 e. The first-order chi connectivity index (χ1) is 11.4. The molecule has 136 valence electrons. The average molecular weight is 363 g/mol. The van der Waals surface area contributed by atoms with Crippen LogP contribution in [0.1, 0.15) is 67.3 Å². The Morgan fingerprint density at radius 2 is 1.96 bits per heavy atom. The van der Waals surface area contributed by atoms with Gasteiger partial charge in [0.15, 0.2) is 0 Å². The van der Waals surface area contributed by atoms with Gasteiger partial charge in [-0.3, -0.25) is 9.48 Å². The van der Waals surface area contributed by atoms with E-state index >= 15 is 0 Å². The SMILES string of the molecule is CC(C)(C)n1nc(C(=O)NCC(N)c2ccccc2)cc1C1CC1.Cl. The molecule has 3 rings (SSSR count). The van der Waals surface area contributed by atoms with Crippen molar-refractivity contribution in [1.82, 2.24) is 15.1 Å². The number of carbonyl (C=O) groups excluding carboxylic acids is 1. The van der Waals surface area contributed by atoms with E-state index in [4.69, 9.17) is 5.73 Å². The number of benzene rings is 1. The summed E-state index contributed by atoms with van der Waals surface area (Å²) in [6, 6.07) is 11.5. The molecule has 5 nitrogen and oxygen atoms in total. The predicted molar refractivity (Wildman–Crippen MR) is 102 cm³/mol. The second kappa shape index (κ2) is 7.58. The Bertz CT molecular complexity index is 717. The minimum Gasteiger partial charge on any atom is -0.349 e. The summed E-state index contributed by atoms with van der Waals surface area (Å²) in [5.74, 6) is 0.385. The highest BCUT2D eigenvalue weighted by molar-refractivity contribution is 5.92. The first-order valence-electron chi connectivity index (χ1n) is 8.55. The van der Waals surface area contributed by atoms with E-state index in [1.165, 1.54) is 18.5 Å². The van der Waals surface area contributed by atoms with Gasteiger partial charge in [-0.25, -0.2) is 0 Å². The van der Waals surface area contributed by atoms with E-state index in [1.54, 1.807) is 0 Å². The van der Waals surface area contributed by atoms with Gasteiger partial charge in [-0.2, -0.15) is 5.10 Å². The lowest BCUT2D eigenvalue weighted by Crippen LogP contribution is -2.32. The van der Waals surface area contributed by atoms with Gasteiger partial charge in [0.25, 0.3) is 5.91 Å². The number of nitrogens with two attached hydrogens (primary N) is 1. The number of aromatic nitrogens is 2. The van der Waals surface area contributed by atoms with Crippen LogP contribution in [0.2, 0.25) is 0 Å². The number of nitrogens with zero attached hydrogens (tertiary/aromatic N) is 2. The number of nitrogens with one attached hydrogen (secondary N) is 1. The van der Waals surface area contributed by atoms with E-state index in [0.29, 0.717) is 18.2 Å². The van der Waals surface area contributed by atoms with Crippen molar-refractivity contribution in [3.63, 3.8) is 0 Å². The molecule has 1 heterocycles. The number of carbonyl (C=O) groups is 1. The van der Waals surface area contributed by atoms with Crippen LogP contribution in [0.15, 0.2) is 36.4 Å². The average Bonchev–Trinajstić information content (AvgIpc) is 3.30. The molecule has 1 aromatic carbocycles. The predicted octanol–water partition coefficient (Wildman–Crippen LogP) is 3.37. The molecule has 1 aliphatic carbocycles. The molecular weight excluding hydrogens is 336 g/mol. The summed E-state index contributed by atoms with van der Waals surface area (Å²) < 4.78 is 2.00. The van der Waals surface area contributed by atoms with Crippen molar-refractivity contribution in [2.24, 2.45) is 5.73 Å². The standard InChI is InChI=1S/C19H26N4O.ClH/c1-19(2,3)23-17(14-9-10-14)11-16(22-23)18(24)21-12-15(20)13-7-5-4-6-8-13;/h4-8,11,14-15H,9-10,12,20H2,1-3H3,(H,21,24);1H. The lowest BCUT2D eigenvalue weighted by Gasteiger charge is -2.22. The molecule has 1 fully saturated rings. The molecule has 2 aromatic rings. The highest BCUT2D eigenvalue weighted by Crippen LogP contribution is 2.41. The summed E-state index contributed by atoms with van der Waals surface area (Å²) in [6.07, 6.45) is 2.36. The smallest absolute Gasteiger partial charge is 0.271 e. The summed E-state index contributed by atoms with van der Waals surface area (Å²) in [5.41, 5.74) is 8.67. The molecule has 6 heteroatoms. The van der Waals surface area contributed by atoms with Crippen molar-refractivity contribution < 1.29 is 4.79 Å². The molecule has 0 bridgehead atoms. The topological polar surface area (TPSA) is 72.9 Å². The molecule has 0 spiro atoms. The van der Waals surface area contributed by atoms with Gasteiger partial charge in [0.2, 0.25) is 0 Å². The number of halogens is 1. The molecule has 3 N–H and O–H groups in total. The van der Waals surface area contributed by atoms with Gasteiger partial charge in [-0.15, -0.1) is 12.4 Å². The third-order valence-electron chi connectivity index (χ3n) is 4.31. The van der Waals surface area contributed by atoms with Gasteiger partial charge < -0.3 is 11.1 Å². The summed E-state index contributed by atoms with van der Waals surface area (Å²) >= 11 is 0. The van der Waals surface area contributed by atoms with E-state index in [0.717, 1.165) is 5.56 Å². The van der Waals surface area contributed by atoms with Crippen molar-refractivity contribution in [3.8, 4) is 0 Å². The van der Waals surface area contributed by atoms with Gasteiger partial charge in [0, 0.05) is 24.2 Å². The second-order valence-electron chi connectivity index (χ2n) is 7.54. The highest BCUT2D eigenvalue weighted by atomic mass is 35.5. The first-order valence-corrected chi connectivity index (χ1v) is 8.55. The maximum Gasteiger partial charge on any atom is 0.271 e. The van der Waals surface area contributed by atoms with Crippen LogP contribution < -0.4 is 11.1 Å². The maximum atomic E-state index is 12.5. The fourth-order valence-corrected chi connectivity index (χ4v) is 2.82. The summed E-state index contributed by atoms with van der Waals surface area (Å²) in [6.45, 7) is 6.72. The lowest BCUT2D eigenvalue weighted by atomic mass is 10.1. The molecule has 1 saturated carbocycles. The van der Waals surface area contributed by atoms with Crippen LogP contribution >= 0.6 is 12.4 Å². The van der Waals surface area contributed by atoms with Crippen molar-refractivity contribution in [2.45, 2.75) is 51.1 Å². The Morgan fingerprint density at radius 1 is 1.32 bits per heavy atom. The minimum absolute atomic E-state index is 0. The van der Waals surface area contributed by atoms with Crippen LogP contribution in [0.25, 0.3) is 0 Å².